The van der Waals surface area contributed by atoms with Gasteiger partial charge in [0.15, 0.2) is 14.0 Å². The number of halogens is 1. The second-order valence-electron chi connectivity index (χ2n) is 3.43. The lowest BCUT2D eigenvalue weighted by Gasteiger charge is -2.10. The largest absolute Gasteiger partial charge is 0.259 e. The Morgan fingerprint density at radius 1 is 1.00 bits per heavy atom. The van der Waals surface area contributed by atoms with Crippen molar-refractivity contribution in [3.8, 4) is 0 Å². The molecule has 2 aromatic rings. The maximum atomic E-state index is 12.2. The molecule has 2 rings (SSSR count). The van der Waals surface area contributed by atoms with Gasteiger partial charge in [0.1, 0.15) is 0 Å². The van der Waals surface area contributed by atoms with Gasteiger partial charge in [-0.3, -0.25) is 4.98 Å². The van der Waals surface area contributed by atoms with Gasteiger partial charge in [-0.05, 0) is 24.3 Å². The first-order chi connectivity index (χ1) is 8.12. The van der Waals surface area contributed by atoms with Gasteiger partial charge in [-0.1, -0.05) is 40.2 Å². The molecule has 1 heterocycles. The van der Waals surface area contributed by atoms with E-state index < -0.39 is 14.0 Å². The van der Waals surface area contributed by atoms with Crippen molar-refractivity contribution in [2.24, 2.45) is 0 Å². The number of pyridine rings is 1. The molecule has 1 aromatic heterocycles. The number of alkyl halides is 1. The Labute approximate surface area is 109 Å². The summed E-state index contributed by atoms with van der Waals surface area (Å²) in [5.74, 6) is 0. The van der Waals surface area contributed by atoms with Crippen LogP contribution in [0.15, 0.2) is 59.6 Å². The van der Waals surface area contributed by atoms with Gasteiger partial charge in [0.2, 0.25) is 0 Å². The van der Waals surface area contributed by atoms with Crippen molar-refractivity contribution in [3.63, 3.8) is 0 Å². The van der Waals surface area contributed by atoms with E-state index >= 15 is 0 Å². The average Bonchev–Trinajstić information content (AvgIpc) is 2.40. The predicted molar refractivity (Wildman–Crippen MR) is 69.5 cm³/mol. The Morgan fingerprint density at radius 2 is 1.65 bits per heavy atom. The van der Waals surface area contributed by atoms with E-state index in [2.05, 4.69) is 20.9 Å². The average molecular weight is 312 g/mol. The Bertz CT molecular complexity index is 584. The Morgan fingerprint density at radius 3 is 2.24 bits per heavy atom. The fraction of sp³-hybridized carbons (Fsp3) is 0.0833. The molecule has 17 heavy (non-hydrogen) atoms. The molecule has 0 radical (unpaired) electrons. The molecule has 0 aliphatic rings. The number of rotatable bonds is 3. The molecular weight excluding hydrogens is 302 g/mol. The van der Waals surface area contributed by atoms with Crippen molar-refractivity contribution in [3.05, 3.63) is 60.4 Å². The molecule has 0 saturated carbocycles. The molecule has 1 unspecified atom stereocenters. The van der Waals surface area contributed by atoms with Crippen molar-refractivity contribution in [2.45, 2.75) is 9.05 Å². The molecular formula is C12H10BrNO2S. The van der Waals surface area contributed by atoms with Gasteiger partial charge in [0.05, 0.1) is 10.6 Å². The number of aromatic nitrogens is 1. The Kier molecular flexibility index (Phi) is 3.59. The summed E-state index contributed by atoms with van der Waals surface area (Å²) in [6.07, 6.45) is 1.57. The summed E-state index contributed by atoms with van der Waals surface area (Å²) in [6, 6.07) is 13.5. The van der Waals surface area contributed by atoms with Crippen LogP contribution in [-0.4, -0.2) is 13.4 Å². The van der Waals surface area contributed by atoms with E-state index in [0.717, 1.165) is 0 Å². The highest BCUT2D eigenvalue weighted by Crippen LogP contribution is 2.32. The van der Waals surface area contributed by atoms with Crippen LogP contribution in [0.2, 0.25) is 0 Å². The summed E-state index contributed by atoms with van der Waals surface area (Å²) in [6.45, 7) is 0. The quantitative estimate of drug-likeness (QED) is 0.819. The number of benzene rings is 1. The first-order valence-corrected chi connectivity index (χ1v) is 7.42. The smallest absolute Gasteiger partial charge is 0.196 e. The number of hydrogen-bond acceptors (Lipinski definition) is 3. The minimum Gasteiger partial charge on any atom is -0.259 e. The van der Waals surface area contributed by atoms with Gasteiger partial charge in [0.25, 0.3) is 0 Å². The van der Waals surface area contributed by atoms with Gasteiger partial charge >= 0.3 is 0 Å². The summed E-state index contributed by atoms with van der Waals surface area (Å²) in [5, 5.41) is 0. The van der Waals surface area contributed by atoms with Crippen molar-refractivity contribution >= 4 is 25.8 Å². The Hall–Kier alpha value is -1.20. The first kappa shape index (κ1) is 12.3. The molecule has 3 nitrogen and oxygen atoms in total. The van der Waals surface area contributed by atoms with Crippen LogP contribution in [0, 0.1) is 0 Å². The Balaban J connectivity index is 2.41. The zero-order chi connectivity index (χ0) is 12.3. The molecule has 1 aromatic carbocycles. The molecule has 0 amide bonds. The molecule has 0 fully saturated rings. The molecule has 5 heteroatoms. The van der Waals surface area contributed by atoms with E-state index in [-0.39, 0.29) is 4.90 Å². The fourth-order valence-electron chi connectivity index (χ4n) is 1.40. The molecule has 0 spiro atoms. The van der Waals surface area contributed by atoms with Gasteiger partial charge in [-0.2, -0.15) is 0 Å². The molecule has 0 N–H and O–H groups in total. The van der Waals surface area contributed by atoms with Crippen LogP contribution >= 0.6 is 15.9 Å². The summed E-state index contributed by atoms with van der Waals surface area (Å²) in [4.78, 5) is 4.33. The standard InChI is InChI=1S/C12H10BrNO2S/c13-12(11-8-4-5-9-14-11)17(15,16)10-6-2-1-3-7-10/h1-9,12H. The molecule has 0 saturated heterocycles. The zero-order valence-corrected chi connectivity index (χ0v) is 11.2. The topological polar surface area (TPSA) is 47.0 Å². The van der Waals surface area contributed by atoms with Crippen LogP contribution in [0.3, 0.4) is 0 Å². The second-order valence-corrected chi connectivity index (χ2v) is 6.98. The molecule has 0 aliphatic heterocycles. The van der Waals surface area contributed by atoms with Gasteiger partial charge in [-0.15, -0.1) is 0 Å². The van der Waals surface area contributed by atoms with Crippen LogP contribution in [0.1, 0.15) is 9.85 Å². The minimum absolute atomic E-state index is 0.285. The third kappa shape index (κ3) is 2.56. The lowest BCUT2D eigenvalue weighted by Crippen LogP contribution is -2.09. The number of hydrogen-bond donors (Lipinski definition) is 0. The van der Waals surface area contributed by atoms with E-state index in [1.54, 1.807) is 54.7 Å². The van der Waals surface area contributed by atoms with Crippen LogP contribution in [0.5, 0.6) is 0 Å². The highest BCUT2D eigenvalue weighted by Gasteiger charge is 2.27. The van der Waals surface area contributed by atoms with Crippen LogP contribution < -0.4 is 0 Å². The summed E-state index contributed by atoms with van der Waals surface area (Å²) in [5.41, 5.74) is 0.483. The van der Waals surface area contributed by atoms with Crippen LogP contribution in [0.4, 0.5) is 0 Å². The molecule has 0 aliphatic carbocycles. The van der Waals surface area contributed by atoms with Crippen molar-refractivity contribution in [1.82, 2.24) is 4.98 Å². The summed E-state index contributed by atoms with van der Waals surface area (Å²) in [7, 11) is -3.44. The van der Waals surface area contributed by atoms with Crippen LogP contribution in [-0.2, 0) is 9.84 Å². The van der Waals surface area contributed by atoms with E-state index in [9.17, 15) is 8.42 Å². The predicted octanol–water partition coefficient (Wildman–Crippen LogP) is 2.95. The van der Waals surface area contributed by atoms with Gasteiger partial charge < -0.3 is 0 Å². The first-order valence-electron chi connectivity index (χ1n) is 4.96. The summed E-state index contributed by atoms with van der Waals surface area (Å²) >= 11 is 3.19. The normalized spacial score (nSPS) is 13.2. The SMILES string of the molecule is O=S(=O)(c1ccccc1)C(Br)c1ccccn1. The van der Waals surface area contributed by atoms with Gasteiger partial charge in [-0.25, -0.2) is 8.42 Å². The number of nitrogens with zero attached hydrogens (tertiary/aromatic N) is 1. The van der Waals surface area contributed by atoms with Gasteiger partial charge in [0, 0.05) is 6.20 Å². The third-order valence-electron chi connectivity index (χ3n) is 2.26. The maximum absolute atomic E-state index is 12.2. The molecule has 88 valence electrons. The molecule has 1 atom stereocenters. The highest BCUT2D eigenvalue weighted by atomic mass is 79.9. The molecule has 0 bridgehead atoms. The fourth-order valence-corrected chi connectivity index (χ4v) is 3.55. The van der Waals surface area contributed by atoms with E-state index in [1.807, 2.05) is 0 Å². The van der Waals surface area contributed by atoms with Crippen molar-refractivity contribution in [1.29, 1.82) is 0 Å². The zero-order valence-electron chi connectivity index (χ0n) is 8.82. The van der Waals surface area contributed by atoms with E-state index in [4.69, 9.17) is 0 Å². The minimum atomic E-state index is -3.44. The monoisotopic (exact) mass is 311 g/mol. The number of sulfone groups is 1. The lowest BCUT2D eigenvalue weighted by atomic mass is 10.4. The summed E-state index contributed by atoms with van der Waals surface area (Å²) < 4.78 is 23.7. The van der Waals surface area contributed by atoms with Crippen molar-refractivity contribution < 1.29 is 8.42 Å². The third-order valence-corrected chi connectivity index (χ3v) is 5.93. The van der Waals surface area contributed by atoms with Crippen LogP contribution in [0.25, 0.3) is 0 Å². The second kappa shape index (κ2) is 4.98. The van der Waals surface area contributed by atoms with E-state index in [0.29, 0.717) is 5.69 Å². The van der Waals surface area contributed by atoms with E-state index in [1.165, 1.54) is 0 Å². The maximum Gasteiger partial charge on any atom is 0.196 e. The van der Waals surface area contributed by atoms with Crippen molar-refractivity contribution in [2.75, 3.05) is 0 Å². The lowest BCUT2D eigenvalue weighted by molar-refractivity contribution is 0.594. The highest BCUT2D eigenvalue weighted by molar-refractivity contribution is 9.10.